The van der Waals surface area contributed by atoms with Gasteiger partial charge in [0.05, 0.1) is 0 Å². The number of aromatic nitrogens is 1. The van der Waals surface area contributed by atoms with Crippen molar-refractivity contribution in [3.8, 4) is 0 Å². The fraction of sp³-hybridized carbons (Fsp3) is 0.333. The van der Waals surface area contributed by atoms with Crippen LogP contribution in [0.15, 0.2) is 4.52 Å². The number of aryl methyl sites for hydroxylation is 2. The van der Waals surface area contributed by atoms with Crippen LogP contribution < -0.4 is 5.06 Å². The van der Waals surface area contributed by atoms with Crippen LogP contribution in [0.1, 0.15) is 11.5 Å². The second kappa shape index (κ2) is 2.82. The molecule has 0 unspecified atom stereocenters. The van der Waals surface area contributed by atoms with Gasteiger partial charge in [0.1, 0.15) is 11.4 Å². The number of rotatable bonds is 1. The maximum absolute atomic E-state index is 10.9. The van der Waals surface area contributed by atoms with Crippen LogP contribution in [0, 0.1) is 19.1 Å². The number of hydrogen-bond donors (Lipinski definition) is 1. The van der Waals surface area contributed by atoms with Gasteiger partial charge in [0, 0.05) is 0 Å². The van der Waals surface area contributed by atoms with Gasteiger partial charge in [0.2, 0.25) is 0 Å². The van der Waals surface area contributed by atoms with Crippen LogP contribution in [0.5, 0.6) is 0 Å². The van der Waals surface area contributed by atoms with Crippen LogP contribution in [0.3, 0.4) is 0 Å². The molecule has 66 valence electrons. The van der Waals surface area contributed by atoms with E-state index in [1.807, 2.05) is 0 Å². The average Bonchev–Trinajstić information content (AvgIpc) is 2.30. The van der Waals surface area contributed by atoms with Gasteiger partial charge in [-0.3, -0.25) is 0 Å². The molecular formula is C6H7N2O4-. The summed E-state index contributed by atoms with van der Waals surface area (Å²) in [5.41, 5.74) is 0.229. The summed E-state index contributed by atoms with van der Waals surface area (Å²) in [7, 11) is 0. The summed E-state index contributed by atoms with van der Waals surface area (Å²) in [6, 6.07) is 0. The molecule has 0 aliphatic carbocycles. The van der Waals surface area contributed by atoms with Crippen molar-refractivity contribution in [3.63, 3.8) is 0 Å². The Morgan fingerprint density at radius 3 is 2.58 bits per heavy atom. The first-order valence-electron chi connectivity index (χ1n) is 3.17. The zero-order chi connectivity index (χ0) is 9.30. The topological polar surface area (TPSA) is 89.6 Å². The average molecular weight is 171 g/mol. The summed E-state index contributed by atoms with van der Waals surface area (Å²) in [6.45, 7) is 2.98. The van der Waals surface area contributed by atoms with E-state index in [1.54, 1.807) is 0 Å². The molecule has 0 fully saturated rings. The molecule has 0 atom stereocenters. The first kappa shape index (κ1) is 8.54. The van der Waals surface area contributed by atoms with E-state index in [-0.39, 0.29) is 22.2 Å². The predicted molar refractivity (Wildman–Crippen MR) is 39.8 cm³/mol. The Morgan fingerprint density at radius 2 is 2.25 bits per heavy atom. The highest BCUT2D eigenvalue weighted by atomic mass is 16.6. The maximum Gasteiger partial charge on any atom is 0.401 e. The highest BCUT2D eigenvalue weighted by Gasteiger charge is 2.13. The standard InChI is InChI=1S/C6H7N2O4/c1-3-5(4(2)12-7-3)8(11)6(9)10/h1-2H3,(H,9,10)/q-1. The minimum atomic E-state index is -1.58. The van der Waals surface area contributed by atoms with Gasteiger partial charge >= 0.3 is 6.09 Å². The third kappa shape index (κ3) is 1.24. The fourth-order valence-corrected chi connectivity index (χ4v) is 0.864. The van der Waals surface area contributed by atoms with Crippen LogP contribution in [0.25, 0.3) is 0 Å². The minimum Gasteiger partial charge on any atom is -0.749 e. The third-order valence-electron chi connectivity index (χ3n) is 1.37. The molecule has 6 heteroatoms. The summed E-state index contributed by atoms with van der Waals surface area (Å²) in [4.78, 5) is 10.2. The molecule has 0 aliphatic heterocycles. The Kier molecular flexibility index (Phi) is 2.01. The number of carboxylic acid groups (broad SMARTS) is 1. The summed E-state index contributed by atoms with van der Waals surface area (Å²) in [6.07, 6.45) is -1.58. The lowest BCUT2D eigenvalue weighted by Gasteiger charge is -2.23. The quantitative estimate of drug-likeness (QED) is 0.642. The zero-order valence-electron chi connectivity index (χ0n) is 6.57. The van der Waals surface area contributed by atoms with Gasteiger partial charge in [0.15, 0.2) is 5.76 Å². The van der Waals surface area contributed by atoms with Crippen molar-refractivity contribution in [3.05, 3.63) is 16.7 Å². The molecule has 1 N–H and O–H groups in total. The van der Waals surface area contributed by atoms with Crippen molar-refractivity contribution in [2.75, 3.05) is 5.06 Å². The molecular weight excluding hydrogens is 164 g/mol. The number of hydroxylamine groups is 1. The first-order valence-corrected chi connectivity index (χ1v) is 3.17. The SMILES string of the molecule is Cc1noc(C)c1N([O-])C(=O)O. The van der Waals surface area contributed by atoms with Crippen molar-refractivity contribution >= 4 is 11.8 Å². The molecule has 6 nitrogen and oxygen atoms in total. The van der Waals surface area contributed by atoms with E-state index >= 15 is 0 Å². The van der Waals surface area contributed by atoms with E-state index in [1.165, 1.54) is 13.8 Å². The van der Waals surface area contributed by atoms with Crippen LogP contribution in [-0.2, 0) is 0 Å². The van der Waals surface area contributed by atoms with Crippen LogP contribution in [0.4, 0.5) is 10.5 Å². The maximum atomic E-state index is 10.9. The molecule has 1 amide bonds. The number of hydrogen-bond acceptors (Lipinski definition) is 4. The summed E-state index contributed by atoms with van der Waals surface area (Å²) in [5.74, 6) is 0.199. The molecule has 1 aromatic heterocycles. The summed E-state index contributed by atoms with van der Waals surface area (Å²) in [5, 5.41) is 22.5. The van der Waals surface area contributed by atoms with Gasteiger partial charge in [-0.05, 0) is 13.8 Å². The molecule has 12 heavy (non-hydrogen) atoms. The van der Waals surface area contributed by atoms with E-state index in [2.05, 4.69) is 9.68 Å². The zero-order valence-corrected chi connectivity index (χ0v) is 6.57. The van der Waals surface area contributed by atoms with Gasteiger partial charge in [-0.2, -0.15) is 0 Å². The Bertz CT molecular complexity index is 287. The van der Waals surface area contributed by atoms with E-state index < -0.39 is 6.09 Å². The highest BCUT2D eigenvalue weighted by Crippen LogP contribution is 2.22. The van der Waals surface area contributed by atoms with Crippen LogP contribution in [0.2, 0.25) is 0 Å². The van der Waals surface area contributed by atoms with Crippen LogP contribution in [-0.4, -0.2) is 16.4 Å². The molecule has 1 heterocycles. The number of anilines is 1. The van der Waals surface area contributed by atoms with Crippen LogP contribution >= 0.6 is 0 Å². The van der Waals surface area contributed by atoms with E-state index in [0.717, 1.165) is 0 Å². The molecule has 0 radical (unpaired) electrons. The number of amides is 1. The second-order valence-corrected chi connectivity index (χ2v) is 2.25. The predicted octanol–water partition coefficient (Wildman–Crippen LogP) is 1.27. The fourth-order valence-electron chi connectivity index (χ4n) is 0.864. The van der Waals surface area contributed by atoms with Crippen molar-refractivity contribution in [1.29, 1.82) is 0 Å². The highest BCUT2D eigenvalue weighted by molar-refractivity contribution is 5.88. The molecule has 1 rings (SSSR count). The van der Waals surface area contributed by atoms with Gasteiger partial charge in [-0.1, -0.05) is 5.16 Å². The largest absolute Gasteiger partial charge is 0.749 e. The van der Waals surface area contributed by atoms with E-state index in [9.17, 15) is 10.0 Å². The first-order chi connectivity index (χ1) is 5.54. The van der Waals surface area contributed by atoms with Gasteiger partial charge in [-0.25, -0.2) is 4.79 Å². The van der Waals surface area contributed by atoms with Crippen molar-refractivity contribution in [2.24, 2.45) is 0 Å². The molecule has 0 spiro atoms. The van der Waals surface area contributed by atoms with E-state index in [0.29, 0.717) is 0 Å². The molecule has 1 aromatic rings. The molecule has 0 aromatic carbocycles. The Labute approximate surface area is 68.0 Å². The third-order valence-corrected chi connectivity index (χ3v) is 1.37. The lowest BCUT2D eigenvalue weighted by molar-refractivity contribution is 0.204. The Hall–Kier alpha value is -1.56. The monoisotopic (exact) mass is 171 g/mol. The van der Waals surface area contributed by atoms with Gasteiger partial charge in [0.25, 0.3) is 0 Å². The molecule has 0 bridgehead atoms. The Morgan fingerprint density at radius 1 is 1.67 bits per heavy atom. The molecule has 0 aliphatic rings. The van der Waals surface area contributed by atoms with Gasteiger partial charge in [-0.15, -0.1) is 0 Å². The van der Waals surface area contributed by atoms with E-state index in [4.69, 9.17) is 5.11 Å². The lowest BCUT2D eigenvalue weighted by Crippen LogP contribution is -2.22. The van der Waals surface area contributed by atoms with Crippen molar-refractivity contribution in [2.45, 2.75) is 13.8 Å². The number of nitrogens with zero attached hydrogens (tertiary/aromatic N) is 2. The normalized spacial score (nSPS) is 9.92. The molecule has 0 saturated carbocycles. The van der Waals surface area contributed by atoms with Crippen molar-refractivity contribution in [1.82, 2.24) is 5.16 Å². The smallest absolute Gasteiger partial charge is 0.401 e. The minimum absolute atomic E-state index is 0.0394. The lowest BCUT2D eigenvalue weighted by atomic mass is 10.3. The molecule has 0 saturated heterocycles. The van der Waals surface area contributed by atoms with Crippen molar-refractivity contribution < 1.29 is 14.4 Å². The van der Waals surface area contributed by atoms with Gasteiger partial charge < -0.3 is 19.9 Å². The second-order valence-electron chi connectivity index (χ2n) is 2.25. The summed E-state index contributed by atoms with van der Waals surface area (Å²) < 4.78 is 4.61. The number of carbonyl (C=O) groups is 1. The Balaban J connectivity index is 3.08. The summed E-state index contributed by atoms with van der Waals surface area (Å²) >= 11 is 0.